The summed E-state index contributed by atoms with van der Waals surface area (Å²) in [6.45, 7) is 3.36. The number of hydrogen-bond donors (Lipinski definition) is 4. The number of rotatable bonds is 7. The van der Waals surface area contributed by atoms with Crippen molar-refractivity contribution in [3.8, 4) is 5.75 Å². The predicted molar refractivity (Wildman–Crippen MR) is 118 cm³/mol. The Kier molecular flexibility index (Phi) is 7.18. The first kappa shape index (κ1) is 23.2. The van der Waals surface area contributed by atoms with Crippen LogP contribution in [0.5, 0.6) is 5.75 Å². The molecule has 0 radical (unpaired) electrons. The molecule has 0 aliphatic rings. The third-order valence-electron chi connectivity index (χ3n) is 4.56. The lowest BCUT2D eigenvalue weighted by Gasteiger charge is -2.13. The van der Waals surface area contributed by atoms with E-state index in [9.17, 15) is 18.8 Å². The summed E-state index contributed by atoms with van der Waals surface area (Å²) in [6.07, 6.45) is 0.429. The molecule has 2 heterocycles. The number of amides is 2. The molecule has 33 heavy (non-hydrogen) atoms. The molecule has 0 aliphatic heterocycles. The van der Waals surface area contributed by atoms with Crippen LogP contribution in [0, 0.1) is 19.7 Å². The Labute approximate surface area is 187 Å². The Bertz CT molecular complexity index is 1230. The number of nitrogens with one attached hydrogen (secondary N) is 3. The van der Waals surface area contributed by atoms with E-state index in [2.05, 4.69) is 26.1 Å². The molecule has 0 saturated carbocycles. The normalized spacial score (nSPS) is 10.4. The van der Waals surface area contributed by atoms with Crippen molar-refractivity contribution in [1.82, 2.24) is 25.3 Å². The molecule has 0 saturated heterocycles. The highest BCUT2D eigenvalue weighted by molar-refractivity contribution is 5.76. The number of aryl methyl sites for hydroxylation is 2. The molecular weight excluding hydrogens is 433 g/mol. The lowest BCUT2D eigenvalue weighted by atomic mass is 10.2. The summed E-state index contributed by atoms with van der Waals surface area (Å²) in [5.41, 5.74) is 11.5. The van der Waals surface area contributed by atoms with Crippen LogP contribution in [0.15, 0.2) is 47.4 Å². The first-order valence-electron chi connectivity index (χ1n) is 9.77. The highest BCUT2D eigenvalue weighted by atomic mass is 19.1. The number of halogens is 1. The van der Waals surface area contributed by atoms with Gasteiger partial charge in [-0.05, 0) is 49.7 Å². The van der Waals surface area contributed by atoms with E-state index in [-0.39, 0.29) is 24.7 Å². The molecule has 0 unspecified atom stereocenters. The summed E-state index contributed by atoms with van der Waals surface area (Å²) in [7, 11) is 0. The van der Waals surface area contributed by atoms with Crippen LogP contribution in [0.3, 0.4) is 0 Å². The van der Waals surface area contributed by atoms with E-state index in [0.29, 0.717) is 17.2 Å². The average molecular weight is 455 g/mol. The van der Waals surface area contributed by atoms with Crippen LogP contribution in [0.2, 0.25) is 0 Å². The fourth-order valence-corrected chi connectivity index (χ4v) is 2.79. The first-order chi connectivity index (χ1) is 15.7. The third-order valence-corrected chi connectivity index (χ3v) is 4.56. The third kappa shape index (κ3) is 6.26. The fraction of sp³-hybridized carbons (Fsp3) is 0.190. The van der Waals surface area contributed by atoms with Crippen molar-refractivity contribution in [3.63, 3.8) is 0 Å². The smallest absolute Gasteiger partial charge is 0.409 e. The summed E-state index contributed by atoms with van der Waals surface area (Å²) in [5.74, 6) is -0.611. The molecule has 3 aromatic rings. The number of hydrogen-bond acceptors (Lipinski definition) is 8. The Hall–Kier alpha value is -4.48. The molecule has 0 aliphatic carbocycles. The van der Waals surface area contributed by atoms with Crippen LogP contribution in [-0.2, 0) is 17.9 Å². The summed E-state index contributed by atoms with van der Waals surface area (Å²) in [4.78, 5) is 45.0. The van der Waals surface area contributed by atoms with Gasteiger partial charge in [0.25, 0.3) is 5.56 Å². The maximum atomic E-state index is 12.9. The second-order valence-corrected chi connectivity index (χ2v) is 6.99. The highest BCUT2D eigenvalue weighted by Crippen LogP contribution is 2.11. The van der Waals surface area contributed by atoms with E-state index in [1.54, 1.807) is 26.0 Å². The number of benzene rings is 1. The van der Waals surface area contributed by atoms with Crippen LogP contribution in [0.25, 0.3) is 0 Å². The highest BCUT2D eigenvalue weighted by Gasteiger charge is 2.13. The Morgan fingerprint density at radius 2 is 1.88 bits per heavy atom. The zero-order chi connectivity index (χ0) is 24.0. The van der Waals surface area contributed by atoms with Crippen molar-refractivity contribution >= 4 is 23.6 Å². The van der Waals surface area contributed by atoms with Crippen molar-refractivity contribution in [1.29, 1.82) is 0 Å². The topological polar surface area (TPSA) is 153 Å². The van der Waals surface area contributed by atoms with Gasteiger partial charge in [0.1, 0.15) is 23.9 Å². The number of carbonyl (C=O) groups excluding carboxylic acids is 2. The fourth-order valence-electron chi connectivity index (χ4n) is 2.79. The summed E-state index contributed by atoms with van der Waals surface area (Å²) >= 11 is 0. The second kappa shape index (κ2) is 10.2. The van der Waals surface area contributed by atoms with Crippen LogP contribution in [0.4, 0.5) is 20.8 Å². The van der Waals surface area contributed by atoms with Gasteiger partial charge in [0.15, 0.2) is 0 Å². The molecule has 0 bridgehead atoms. The van der Waals surface area contributed by atoms with Gasteiger partial charge in [0.2, 0.25) is 11.7 Å². The van der Waals surface area contributed by atoms with Crippen LogP contribution in [-0.4, -0.2) is 26.5 Å². The molecule has 5 N–H and O–H groups in total. The van der Waals surface area contributed by atoms with Crippen molar-refractivity contribution in [2.24, 2.45) is 0 Å². The maximum absolute atomic E-state index is 12.9. The summed E-state index contributed by atoms with van der Waals surface area (Å²) < 4.78 is 19.1. The zero-order valence-corrected chi connectivity index (χ0v) is 17.9. The van der Waals surface area contributed by atoms with Gasteiger partial charge in [-0.1, -0.05) is 6.07 Å². The van der Waals surface area contributed by atoms with Gasteiger partial charge < -0.3 is 15.8 Å². The number of nitrogens with zero attached hydrogens (tertiary/aromatic N) is 3. The molecule has 0 fully saturated rings. The number of nitrogen functional groups attached to an aromatic ring is 1. The predicted octanol–water partition coefficient (Wildman–Crippen LogP) is 1.41. The van der Waals surface area contributed by atoms with E-state index in [1.807, 2.05) is 0 Å². The first-order valence-corrected chi connectivity index (χ1v) is 9.77. The Morgan fingerprint density at radius 1 is 1.15 bits per heavy atom. The number of aromatic nitrogens is 3. The molecule has 11 nitrogen and oxygen atoms in total. The summed E-state index contributed by atoms with van der Waals surface area (Å²) in [5, 5.41) is 2.73. The minimum Gasteiger partial charge on any atom is -0.409 e. The minimum atomic E-state index is -0.944. The molecule has 172 valence electrons. The second-order valence-electron chi connectivity index (χ2n) is 6.99. The number of pyridine rings is 1. The molecule has 0 spiro atoms. The van der Waals surface area contributed by atoms with Crippen molar-refractivity contribution < 1.29 is 18.7 Å². The number of anilines is 2. The largest absolute Gasteiger partial charge is 0.431 e. The van der Waals surface area contributed by atoms with E-state index in [1.165, 1.54) is 22.9 Å². The monoisotopic (exact) mass is 455 g/mol. The van der Waals surface area contributed by atoms with Gasteiger partial charge >= 0.3 is 6.09 Å². The van der Waals surface area contributed by atoms with E-state index in [4.69, 9.17) is 10.5 Å². The maximum Gasteiger partial charge on any atom is 0.431 e. The minimum absolute atomic E-state index is 0.105. The molecule has 2 amide bonds. The molecule has 3 rings (SSSR count). The Balaban J connectivity index is 1.60. The van der Waals surface area contributed by atoms with Gasteiger partial charge in [-0.3, -0.25) is 19.6 Å². The van der Waals surface area contributed by atoms with Gasteiger partial charge in [-0.2, -0.15) is 0 Å². The van der Waals surface area contributed by atoms with Gasteiger partial charge in [0, 0.05) is 24.1 Å². The SMILES string of the molecule is Cc1nc(N)ccc1CNC(=O)Cn1c(C)cnc(NNC(=O)Oc2ccc(F)cc2)c1=O. The lowest BCUT2D eigenvalue weighted by Crippen LogP contribution is -2.38. The van der Waals surface area contributed by atoms with Crippen LogP contribution < -0.4 is 32.2 Å². The van der Waals surface area contributed by atoms with Gasteiger partial charge in [-0.25, -0.2) is 24.6 Å². The van der Waals surface area contributed by atoms with Gasteiger partial charge in [0.05, 0.1) is 0 Å². The standard InChI is InChI=1S/C21H22FN7O4/c1-12-9-25-19(27-28-21(32)33-16-6-4-15(22)5-7-16)20(31)29(12)11-18(30)24-10-14-3-8-17(23)26-13(14)2/h3-9H,10-11H2,1-2H3,(H2,23,26)(H,24,30)(H,25,27)(H,28,32). The molecule has 2 aromatic heterocycles. The van der Waals surface area contributed by atoms with Crippen LogP contribution in [0.1, 0.15) is 17.0 Å². The lowest BCUT2D eigenvalue weighted by molar-refractivity contribution is -0.121. The molecule has 0 atom stereocenters. The van der Waals surface area contributed by atoms with Crippen LogP contribution >= 0.6 is 0 Å². The Morgan fingerprint density at radius 3 is 2.58 bits per heavy atom. The van der Waals surface area contributed by atoms with Crippen molar-refractivity contribution in [3.05, 3.63) is 75.7 Å². The van der Waals surface area contributed by atoms with E-state index < -0.39 is 23.4 Å². The molecule has 12 heteroatoms. The van der Waals surface area contributed by atoms with Crippen molar-refractivity contribution in [2.45, 2.75) is 26.9 Å². The number of nitrogens with two attached hydrogens (primary N) is 1. The number of carbonyl (C=O) groups is 2. The van der Waals surface area contributed by atoms with E-state index in [0.717, 1.165) is 17.7 Å². The van der Waals surface area contributed by atoms with E-state index >= 15 is 0 Å². The van der Waals surface area contributed by atoms with Crippen molar-refractivity contribution in [2.75, 3.05) is 11.2 Å². The number of hydrazine groups is 1. The zero-order valence-electron chi connectivity index (χ0n) is 17.9. The average Bonchev–Trinajstić information content (AvgIpc) is 2.77. The quantitative estimate of drug-likeness (QED) is 0.390. The number of ether oxygens (including phenoxy) is 1. The molecule has 1 aromatic carbocycles. The summed E-state index contributed by atoms with van der Waals surface area (Å²) in [6, 6.07) is 8.20. The molecular formula is C21H22FN7O4. The van der Waals surface area contributed by atoms with Gasteiger partial charge in [-0.15, -0.1) is 0 Å².